The molecule has 2 unspecified atom stereocenters. The number of nitrogens with one attached hydrogen (secondary N) is 2. The van der Waals surface area contributed by atoms with Crippen LogP contribution in [0.2, 0.25) is 0 Å². The van der Waals surface area contributed by atoms with Gasteiger partial charge in [0.2, 0.25) is 5.91 Å². The van der Waals surface area contributed by atoms with Gasteiger partial charge in [-0.15, -0.1) is 11.8 Å². The lowest BCUT2D eigenvalue weighted by molar-refractivity contribution is -0.121. The molecule has 1 amide bonds. The molecule has 2 atom stereocenters. The van der Waals surface area contributed by atoms with Gasteiger partial charge in [-0.2, -0.15) is 0 Å². The lowest BCUT2D eigenvalue weighted by Gasteiger charge is -2.08. The molecule has 1 heterocycles. The zero-order chi connectivity index (χ0) is 8.97. The lowest BCUT2D eigenvalue weighted by atomic mass is 10.4. The SMILES string of the molecule is CCNC(=O)CC1NCC(C)S1. The van der Waals surface area contributed by atoms with Crippen LogP contribution in [0.5, 0.6) is 0 Å². The Labute approximate surface area is 77.7 Å². The molecule has 1 rings (SSSR count). The van der Waals surface area contributed by atoms with Crippen LogP contribution >= 0.6 is 11.8 Å². The Balaban J connectivity index is 2.18. The molecule has 3 nitrogen and oxygen atoms in total. The van der Waals surface area contributed by atoms with Crippen LogP contribution in [-0.2, 0) is 4.79 Å². The van der Waals surface area contributed by atoms with Crippen molar-refractivity contribution in [2.24, 2.45) is 0 Å². The van der Waals surface area contributed by atoms with Gasteiger partial charge >= 0.3 is 0 Å². The quantitative estimate of drug-likeness (QED) is 0.680. The number of amides is 1. The molecule has 0 spiro atoms. The van der Waals surface area contributed by atoms with Gasteiger partial charge in [0.15, 0.2) is 0 Å². The van der Waals surface area contributed by atoms with Crippen LogP contribution in [0.3, 0.4) is 0 Å². The van der Waals surface area contributed by atoms with Crippen LogP contribution in [0.4, 0.5) is 0 Å². The Hall–Kier alpha value is -0.220. The third kappa shape index (κ3) is 3.03. The number of carbonyl (C=O) groups excluding carboxylic acids is 1. The monoisotopic (exact) mass is 188 g/mol. The fourth-order valence-electron chi connectivity index (χ4n) is 1.23. The highest BCUT2D eigenvalue weighted by molar-refractivity contribution is 8.00. The number of hydrogen-bond donors (Lipinski definition) is 2. The van der Waals surface area contributed by atoms with Crippen LogP contribution in [0.1, 0.15) is 20.3 Å². The van der Waals surface area contributed by atoms with E-state index >= 15 is 0 Å². The van der Waals surface area contributed by atoms with Crippen LogP contribution in [0, 0.1) is 0 Å². The van der Waals surface area contributed by atoms with Gasteiger partial charge in [-0.05, 0) is 6.92 Å². The molecular weight excluding hydrogens is 172 g/mol. The molecule has 0 aliphatic carbocycles. The van der Waals surface area contributed by atoms with Gasteiger partial charge in [0.1, 0.15) is 0 Å². The minimum absolute atomic E-state index is 0.150. The maximum atomic E-state index is 11.1. The molecule has 0 bridgehead atoms. The number of carbonyl (C=O) groups is 1. The van der Waals surface area contributed by atoms with E-state index in [1.165, 1.54) is 0 Å². The molecular formula is C8H16N2OS. The topological polar surface area (TPSA) is 41.1 Å². The van der Waals surface area contributed by atoms with E-state index in [-0.39, 0.29) is 5.91 Å². The van der Waals surface area contributed by atoms with E-state index < -0.39 is 0 Å². The van der Waals surface area contributed by atoms with Gasteiger partial charge in [0.25, 0.3) is 0 Å². The van der Waals surface area contributed by atoms with Crippen LogP contribution < -0.4 is 10.6 Å². The van der Waals surface area contributed by atoms with E-state index in [1.807, 2.05) is 18.7 Å². The largest absolute Gasteiger partial charge is 0.356 e. The number of hydrogen-bond acceptors (Lipinski definition) is 3. The summed E-state index contributed by atoms with van der Waals surface area (Å²) in [5.41, 5.74) is 0. The van der Waals surface area contributed by atoms with Crippen molar-refractivity contribution in [1.29, 1.82) is 0 Å². The van der Waals surface area contributed by atoms with Crippen molar-refractivity contribution in [3.63, 3.8) is 0 Å². The smallest absolute Gasteiger partial charge is 0.222 e. The van der Waals surface area contributed by atoms with E-state index in [9.17, 15) is 4.79 Å². The first-order valence-electron chi connectivity index (χ1n) is 4.38. The van der Waals surface area contributed by atoms with Gasteiger partial charge < -0.3 is 10.6 Å². The predicted octanol–water partition coefficient (Wildman–Crippen LogP) is 0.564. The molecule has 0 radical (unpaired) electrons. The second kappa shape index (κ2) is 4.72. The number of rotatable bonds is 3. The van der Waals surface area contributed by atoms with Crippen LogP contribution in [0.15, 0.2) is 0 Å². The van der Waals surface area contributed by atoms with E-state index in [0.717, 1.165) is 13.1 Å². The molecule has 0 aromatic heterocycles. The van der Waals surface area contributed by atoms with Gasteiger partial charge in [-0.3, -0.25) is 4.79 Å². The summed E-state index contributed by atoms with van der Waals surface area (Å²) >= 11 is 1.85. The summed E-state index contributed by atoms with van der Waals surface area (Å²) in [6.45, 7) is 5.87. The van der Waals surface area contributed by atoms with Gasteiger partial charge in [-0.1, -0.05) is 6.92 Å². The molecule has 1 fully saturated rings. The normalized spacial score (nSPS) is 28.8. The third-order valence-corrected chi connectivity index (χ3v) is 3.07. The third-order valence-electron chi connectivity index (χ3n) is 1.77. The van der Waals surface area contributed by atoms with Crippen molar-refractivity contribution in [3.05, 3.63) is 0 Å². The molecule has 12 heavy (non-hydrogen) atoms. The van der Waals surface area contributed by atoms with Crippen molar-refractivity contribution in [1.82, 2.24) is 10.6 Å². The first-order chi connectivity index (χ1) is 5.72. The summed E-state index contributed by atoms with van der Waals surface area (Å²) in [7, 11) is 0. The minimum Gasteiger partial charge on any atom is -0.356 e. The summed E-state index contributed by atoms with van der Waals surface area (Å²) in [6.07, 6.45) is 0.600. The summed E-state index contributed by atoms with van der Waals surface area (Å²) in [5, 5.41) is 7.06. The molecule has 1 aliphatic heterocycles. The second-order valence-corrected chi connectivity index (χ2v) is 4.65. The Morgan fingerprint density at radius 1 is 1.75 bits per heavy atom. The molecule has 4 heteroatoms. The number of thioether (sulfide) groups is 1. The Kier molecular flexibility index (Phi) is 3.88. The highest BCUT2D eigenvalue weighted by Gasteiger charge is 2.22. The second-order valence-electron chi connectivity index (χ2n) is 3.00. The highest BCUT2D eigenvalue weighted by atomic mass is 32.2. The first kappa shape index (κ1) is 9.86. The summed E-state index contributed by atoms with van der Waals surface area (Å²) < 4.78 is 0. The molecule has 0 saturated carbocycles. The van der Waals surface area contributed by atoms with Crippen LogP contribution in [0.25, 0.3) is 0 Å². The van der Waals surface area contributed by atoms with E-state index in [0.29, 0.717) is 17.0 Å². The fourth-order valence-corrected chi connectivity index (χ4v) is 2.43. The Morgan fingerprint density at radius 2 is 2.50 bits per heavy atom. The molecule has 0 aromatic carbocycles. The van der Waals surface area contributed by atoms with Crippen molar-refractivity contribution >= 4 is 17.7 Å². The fraction of sp³-hybridized carbons (Fsp3) is 0.875. The first-order valence-corrected chi connectivity index (χ1v) is 5.32. The summed E-state index contributed by atoms with van der Waals surface area (Å²) in [6, 6.07) is 0. The van der Waals surface area contributed by atoms with Crippen molar-refractivity contribution < 1.29 is 4.79 Å². The summed E-state index contributed by atoms with van der Waals surface area (Å²) in [5.74, 6) is 0.150. The van der Waals surface area contributed by atoms with Crippen molar-refractivity contribution in [3.8, 4) is 0 Å². The minimum atomic E-state index is 0.150. The molecule has 1 aliphatic rings. The molecule has 1 saturated heterocycles. The molecule has 2 N–H and O–H groups in total. The highest BCUT2D eigenvalue weighted by Crippen LogP contribution is 2.23. The maximum absolute atomic E-state index is 11.1. The standard InChI is InChI=1S/C8H16N2OS/c1-3-9-7(11)4-8-10-5-6(2)12-8/h6,8,10H,3-5H2,1-2H3,(H,9,11). The molecule has 70 valence electrons. The Bertz CT molecular complexity index is 163. The zero-order valence-electron chi connectivity index (χ0n) is 7.59. The predicted molar refractivity (Wildman–Crippen MR) is 52.1 cm³/mol. The van der Waals surface area contributed by atoms with Crippen molar-refractivity contribution in [2.45, 2.75) is 30.9 Å². The van der Waals surface area contributed by atoms with E-state index in [4.69, 9.17) is 0 Å². The van der Waals surface area contributed by atoms with E-state index in [1.54, 1.807) is 0 Å². The summed E-state index contributed by atoms with van der Waals surface area (Å²) in [4.78, 5) is 11.1. The van der Waals surface area contributed by atoms with Crippen molar-refractivity contribution in [2.75, 3.05) is 13.1 Å². The van der Waals surface area contributed by atoms with Gasteiger partial charge in [-0.25, -0.2) is 0 Å². The zero-order valence-corrected chi connectivity index (χ0v) is 8.41. The van der Waals surface area contributed by atoms with Gasteiger partial charge in [0.05, 0.1) is 11.8 Å². The molecule has 0 aromatic rings. The average molecular weight is 188 g/mol. The van der Waals surface area contributed by atoms with E-state index in [2.05, 4.69) is 17.6 Å². The Morgan fingerprint density at radius 3 is 3.00 bits per heavy atom. The van der Waals surface area contributed by atoms with Crippen LogP contribution in [-0.4, -0.2) is 29.6 Å². The van der Waals surface area contributed by atoms with Gasteiger partial charge in [0, 0.05) is 18.3 Å². The maximum Gasteiger partial charge on any atom is 0.222 e. The average Bonchev–Trinajstić information content (AvgIpc) is 2.36. The lowest BCUT2D eigenvalue weighted by Crippen LogP contribution is -2.30.